The number of rotatable bonds is 5. The normalized spacial score (nSPS) is 15.1. The molecule has 7 nitrogen and oxygen atoms in total. The molecule has 0 amide bonds. The third-order valence-electron chi connectivity index (χ3n) is 4.93. The lowest BCUT2D eigenvalue weighted by molar-refractivity contribution is 0.0698. The minimum absolute atomic E-state index is 0.0819. The number of hydrogen-bond donors (Lipinski definition) is 2. The van der Waals surface area contributed by atoms with Gasteiger partial charge in [0.2, 0.25) is 10.0 Å². The molecule has 1 aromatic heterocycles. The van der Waals surface area contributed by atoms with Crippen LogP contribution in [0.4, 0.5) is 11.4 Å². The molecule has 32 heavy (non-hydrogen) atoms. The number of pyridine rings is 1. The van der Waals surface area contributed by atoms with E-state index >= 15 is 0 Å². The van der Waals surface area contributed by atoms with E-state index in [0.717, 1.165) is 0 Å². The predicted molar refractivity (Wildman–Crippen MR) is 130 cm³/mol. The largest absolute Gasteiger partial charge is 0.478 e. The Morgan fingerprint density at radius 1 is 1.09 bits per heavy atom. The maximum absolute atomic E-state index is 13.5. The summed E-state index contributed by atoms with van der Waals surface area (Å²) in [6.07, 6.45) is 1.25. The molecule has 1 fully saturated rings. The molecule has 0 unspecified atom stereocenters. The molecule has 1 aliphatic rings. The standard InChI is InChI=1S/C20H16Cl3N3O4S2/c21-11-1-2-16(13(7-11)20(27)28)25-19-12-8-14(22)15(23)9-17(12)24-10-18(19)32(29,30)26-3-5-31-6-4-26/h1-2,7-10H,3-6H2,(H,24,25)(H,27,28). The van der Waals surface area contributed by atoms with Gasteiger partial charge >= 0.3 is 5.97 Å². The number of halogens is 3. The van der Waals surface area contributed by atoms with Gasteiger partial charge in [-0.1, -0.05) is 34.8 Å². The van der Waals surface area contributed by atoms with Crippen LogP contribution in [0.3, 0.4) is 0 Å². The van der Waals surface area contributed by atoms with Gasteiger partial charge in [0.05, 0.1) is 32.5 Å². The van der Waals surface area contributed by atoms with E-state index in [2.05, 4.69) is 10.3 Å². The highest BCUT2D eigenvalue weighted by Gasteiger charge is 2.30. The van der Waals surface area contributed by atoms with Crippen molar-refractivity contribution in [1.29, 1.82) is 0 Å². The Bertz CT molecular complexity index is 1330. The van der Waals surface area contributed by atoms with Gasteiger partial charge in [-0.15, -0.1) is 0 Å². The number of aromatic nitrogens is 1. The number of aromatic carboxylic acids is 1. The fraction of sp³-hybridized carbons (Fsp3) is 0.200. The zero-order chi connectivity index (χ0) is 23.0. The summed E-state index contributed by atoms with van der Waals surface area (Å²) in [4.78, 5) is 16.0. The molecule has 12 heteroatoms. The Morgan fingerprint density at radius 2 is 1.78 bits per heavy atom. The molecule has 4 rings (SSSR count). The number of fused-ring (bicyclic) bond motifs is 1. The van der Waals surface area contributed by atoms with E-state index in [1.165, 1.54) is 40.8 Å². The number of carboxylic acid groups (broad SMARTS) is 1. The Balaban J connectivity index is 1.95. The van der Waals surface area contributed by atoms with Crippen LogP contribution in [0.2, 0.25) is 15.1 Å². The number of sulfonamides is 1. The first kappa shape index (κ1) is 23.4. The topological polar surface area (TPSA) is 99.6 Å². The molecular formula is C20H16Cl3N3O4S2. The van der Waals surface area contributed by atoms with Crippen molar-refractivity contribution in [2.24, 2.45) is 0 Å². The lowest BCUT2D eigenvalue weighted by Gasteiger charge is -2.27. The molecule has 0 radical (unpaired) electrons. The summed E-state index contributed by atoms with van der Waals surface area (Å²) < 4.78 is 28.4. The molecule has 2 aromatic carbocycles. The van der Waals surface area contributed by atoms with Crippen molar-refractivity contribution in [3.8, 4) is 0 Å². The second-order valence-electron chi connectivity index (χ2n) is 6.92. The lowest BCUT2D eigenvalue weighted by Crippen LogP contribution is -2.38. The molecule has 3 aromatic rings. The summed E-state index contributed by atoms with van der Waals surface area (Å²) in [7, 11) is -3.92. The van der Waals surface area contributed by atoms with Gasteiger partial charge < -0.3 is 10.4 Å². The number of hydrogen-bond acceptors (Lipinski definition) is 6. The van der Waals surface area contributed by atoms with Crippen LogP contribution >= 0.6 is 46.6 Å². The smallest absolute Gasteiger partial charge is 0.337 e. The third kappa shape index (κ3) is 4.50. The summed E-state index contributed by atoms with van der Waals surface area (Å²) in [5, 5.41) is 13.7. The highest BCUT2D eigenvalue weighted by molar-refractivity contribution is 7.99. The Labute approximate surface area is 203 Å². The van der Waals surface area contributed by atoms with Gasteiger partial charge in [-0.05, 0) is 30.3 Å². The van der Waals surface area contributed by atoms with Crippen molar-refractivity contribution >= 4 is 84.8 Å². The summed E-state index contributed by atoms with van der Waals surface area (Å²) in [5.41, 5.74) is 0.629. The van der Waals surface area contributed by atoms with Crippen LogP contribution < -0.4 is 5.32 Å². The van der Waals surface area contributed by atoms with Crippen LogP contribution in [0, 0.1) is 0 Å². The molecule has 1 aliphatic heterocycles. The molecule has 0 aliphatic carbocycles. The first-order chi connectivity index (χ1) is 15.2. The molecule has 0 saturated carbocycles. The summed E-state index contributed by atoms with van der Waals surface area (Å²) in [5.74, 6) is 0.155. The van der Waals surface area contributed by atoms with E-state index in [-0.39, 0.29) is 36.9 Å². The first-order valence-electron chi connectivity index (χ1n) is 9.34. The van der Waals surface area contributed by atoms with Crippen LogP contribution in [-0.4, -0.2) is 53.4 Å². The lowest BCUT2D eigenvalue weighted by atomic mass is 10.1. The van der Waals surface area contributed by atoms with Gasteiger partial charge in [0.25, 0.3) is 0 Å². The maximum atomic E-state index is 13.5. The molecule has 2 N–H and O–H groups in total. The van der Waals surface area contributed by atoms with Crippen LogP contribution in [0.5, 0.6) is 0 Å². The molecule has 1 saturated heterocycles. The van der Waals surface area contributed by atoms with Crippen molar-refractivity contribution < 1.29 is 18.3 Å². The number of carbonyl (C=O) groups is 1. The van der Waals surface area contributed by atoms with Crippen molar-refractivity contribution in [2.45, 2.75) is 4.90 Å². The van der Waals surface area contributed by atoms with Crippen LogP contribution in [0.1, 0.15) is 10.4 Å². The number of nitrogens with zero attached hydrogens (tertiary/aromatic N) is 2. The Morgan fingerprint density at radius 3 is 2.47 bits per heavy atom. The monoisotopic (exact) mass is 531 g/mol. The van der Waals surface area contributed by atoms with E-state index in [1.807, 2.05) is 0 Å². The molecule has 0 bridgehead atoms. The van der Waals surface area contributed by atoms with Crippen molar-refractivity contribution in [3.63, 3.8) is 0 Å². The third-order valence-corrected chi connectivity index (χ3v) is 8.74. The Hall–Kier alpha value is -1.75. The molecular weight excluding hydrogens is 517 g/mol. The zero-order valence-electron chi connectivity index (χ0n) is 16.3. The highest BCUT2D eigenvalue weighted by atomic mass is 35.5. The number of carboxylic acids is 1. The summed E-state index contributed by atoms with van der Waals surface area (Å²) in [6, 6.07) is 7.31. The van der Waals surface area contributed by atoms with Gasteiger partial charge in [0, 0.05) is 41.2 Å². The van der Waals surface area contributed by atoms with Gasteiger partial charge in [-0.2, -0.15) is 16.1 Å². The second-order valence-corrected chi connectivity index (χ2v) is 11.3. The predicted octanol–water partition coefficient (Wildman–Crippen LogP) is 5.37. The quantitative estimate of drug-likeness (QED) is 0.455. The molecule has 0 atom stereocenters. The van der Waals surface area contributed by atoms with E-state index in [9.17, 15) is 18.3 Å². The van der Waals surface area contributed by atoms with Gasteiger partial charge in [-0.25, -0.2) is 13.2 Å². The Kier molecular flexibility index (Phi) is 6.76. The van der Waals surface area contributed by atoms with Crippen molar-refractivity contribution in [2.75, 3.05) is 29.9 Å². The number of benzene rings is 2. The molecule has 2 heterocycles. The fourth-order valence-corrected chi connectivity index (χ4v) is 6.53. The van der Waals surface area contributed by atoms with E-state index in [1.54, 1.807) is 11.8 Å². The second kappa shape index (κ2) is 9.24. The van der Waals surface area contributed by atoms with Crippen LogP contribution in [-0.2, 0) is 10.0 Å². The van der Waals surface area contributed by atoms with Crippen molar-refractivity contribution in [3.05, 3.63) is 57.2 Å². The van der Waals surface area contributed by atoms with E-state index < -0.39 is 16.0 Å². The maximum Gasteiger partial charge on any atom is 0.337 e. The van der Waals surface area contributed by atoms with E-state index in [0.29, 0.717) is 35.5 Å². The number of anilines is 2. The zero-order valence-corrected chi connectivity index (χ0v) is 20.2. The highest BCUT2D eigenvalue weighted by Crippen LogP contribution is 2.38. The van der Waals surface area contributed by atoms with Crippen LogP contribution in [0.25, 0.3) is 10.9 Å². The minimum Gasteiger partial charge on any atom is -0.478 e. The number of thioether (sulfide) groups is 1. The summed E-state index contributed by atoms with van der Waals surface area (Å²) >= 11 is 20.0. The average Bonchev–Trinajstić information content (AvgIpc) is 2.76. The SMILES string of the molecule is O=C(O)c1cc(Cl)ccc1Nc1c(S(=O)(=O)N2CCSCC2)cnc2cc(Cl)c(Cl)cc12. The average molecular weight is 533 g/mol. The first-order valence-corrected chi connectivity index (χ1v) is 13.1. The van der Waals surface area contributed by atoms with Gasteiger partial charge in [-0.3, -0.25) is 4.98 Å². The van der Waals surface area contributed by atoms with Gasteiger partial charge in [0.15, 0.2) is 0 Å². The van der Waals surface area contributed by atoms with Crippen molar-refractivity contribution in [1.82, 2.24) is 9.29 Å². The van der Waals surface area contributed by atoms with E-state index in [4.69, 9.17) is 34.8 Å². The summed E-state index contributed by atoms with van der Waals surface area (Å²) in [6.45, 7) is 0.736. The molecule has 0 spiro atoms. The minimum atomic E-state index is -3.92. The number of nitrogens with one attached hydrogen (secondary N) is 1. The molecule has 168 valence electrons. The fourth-order valence-electron chi connectivity index (χ4n) is 3.36. The van der Waals surface area contributed by atoms with Gasteiger partial charge in [0.1, 0.15) is 4.90 Å². The van der Waals surface area contributed by atoms with Crippen LogP contribution in [0.15, 0.2) is 41.4 Å².